The number of hydrogen-bond acceptors (Lipinski definition) is 4. The van der Waals surface area contributed by atoms with Crippen LogP contribution in [0.15, 0.2) is 42.7 Å². The Balaban J connectivity index is 2.32. The van der Waals surface area contributed by atoms with Crippen molar-refractivity contribution in [1.29, 1.82) is 0 Å². The quantitative estimate of drug-likeness (QED) is 0.842. The van der Waals surface area contributed by atoms with Crippen molar-refractivity contribution in [3.05, 3.63) is 42.7 Å². The predicted octanol–water partition coefficient (Wildman–Crippen LogP) is 1.70. The number of rotatable bonds is 5. The summed E-state index contributed by atoms with van der Waals surface area (Å²) in [7, 11) is 3.14. The Morgan fingerprint density at radius 2 is 2.10 bits per heavy atom. The minimum absolute atomic E-state index is 0.298. The van der Waals surface area contributed by atoms with Gasteiger partial charge in [-0.05, 0) is 14.0 Å². The van der Waals surface area contributed by atoms with E-state index in [2.05, 4.69) is 10.3 Å². The fraction of sp³-hybridized carbons (Fsp3) is 0.333. The van der Waals surface area contributed by atoms with Crippen molar-refractivity contribution < 1.29 is 9.53 Å². The van der Waals surface area contributed by atoms with E-state index in [1.54, 1.807) is 13.2 Å². The molecule has 5 heteroatoms. The number of carbonyl (C=O) groups excluding carboxylic acids is 1. The van der Waals surface area contributed by atoms with E-state index in [0.29, 0.717) is 6.54 Å². The molecule has 0 aliphatic carbocycles. The van der Waals surface area contributed by atoms with Crippen molar-refractivity contribution in [3.8, 4) is 11.4 Å². The Hall–Kier alpha value is -2.14. The third-order valence-electron chi connectivity index (χ3n) is 3.42. The van der Waals surface area contributed by atoms with Gasteiger partial charge in [0.25, 0.3) is 0 Å². The van der Waals surface area contributed by atoms with Crippen molar-refractivity contribution >= 4 is 5.97 Å². The van der Waals surface area contributed by atoms with Crippen LogP contribution in [-0.2, 0) is 16.1 Å². The topological polar surface area (TPSA) is 56.2 Å². The lowest BCUT2D eigenvalue weighted by Crippen LogP contribution is -2.51. The van der Waals surface area contributed by atoms with Crippen LogP contribution >= 0.6 is 0 Å². The first kappa shape index (κ1) is 14.3. The average Bonchev–Trinajstić information content (AvgIpc) is 2.95. The highest BCUT2D eigenvalue weighted by Gasteiger charge is 2.33. The Morgan fingerprint density at radius 3 is 2.70 bits per heavy atom. The molecular formula is C15H19N3O2. The number of likely N-dealkylation sites (N-methyl/N-ethyl adjacent to an activating group) is 1. The minimum Gasteiger partial charge on any atom is -0.468 e. The molecule has 0 spiro atoms. The molecule has 0 saturated carbocycles. The van der Waals surface area contributed by atoms with Gasteiger partial charge in [0.05, 0.1) is 13.7 Å². The summed E-state index contributed by atoms with van der Waals surface area (Å²) in [5, 5.41) is 3.02. The number of hydrogen-bond donors (Lipinski definition) is 1. The highest BCUT2D eigenvalue weighted by atomic mass is 16.5. The van der Waals surface area contributed by atoms with Crippen LogP contribution in [0.25, 0.3) is 11.4 Å². The molecule has 0 amide bonds. The molecule has 5 nitrogen and oxygen atoms in total. The molecule has 1 aromatic heterocycles. The van der Waals surface area contributed by atoms with Gasteiger partial charge in [0.2, 0.25) is 0 Å². The lowest BCUT2D eigenvalue weighted by Gasteiger charge is -2.27. The summed E-state index contributed by atoms with van der Waals surface area (Å²) in [5.74, 6) is 0.531. The second-order valence-corrected chi connectivity index (χ2v) is 4.82. The van der Waals surface area contributed by atoms with Gasteiger partial charge in [0.15, 0.2) is 0 Å². The molecule has 20 heavy (non-hydrogen) atoms. The van der Waals surface area contributed by atoms with E-state index in [1.165, 1.54) is 7.11 Å². The smallest absolute Gasteiger partial charge is 0.327 e. The number of carbonyl (C=O) groups is 1. The van der Waals surface area contributed by atoms with E-state index in [-0.39, 0.29) is 5.97 Å². The van der Waals surface area contributed by atoms with E-state index in [9.17, 15) is 4.79 Å². The molecular weight excluding hydrogens is 254 g/mol. The Kier molecular flexibility index (Phi) is 4.20. The number of ether oxygens (including phenoxy) is 1. The highest BCUT2D eigenvalue weighted by Crippen LogP contribution is 2.19. The minimum atomic E-state index is -0.793. The van der Waals surface area contributed by atoms with E-state index >= 15 is 0 Å². The zero-order chi connectivity index (χ0) is 14.6. The molecule has 2 rings (SSSR count). The van der Waals surface area contributed by atoms with Crippen molar-refractivity contribution in [2.24, 2.45) is 0 Å². The Bertz CT molecular complexity index is 580. The van der Waals surface area contributed by atoms with Crippen LogP contribution in [0.4, 0.5) is 0 Å². The van der Waals surface area contributed by atoms with E-state index in [1.807, 2.05) is 48.0 Å². The van der Waals surface area contributed by atoms with Crippen LogP contribution in [-0.4, -0.2) is 35.2 Å². The molecule has 0 saturated heterocycles. The second kappa shape index (κ2) is 5.88. The fourth-order valence-electron chi connectivity index (χ4n) is 2.10. The molecule has 0 bridgehead atoms. The van der Waals surface area contributed by atoms with Gasteiger partial charge in [-0.25, -0.2) is 9.78 Å². The number of benzene rings is 1. The Labute approximate surface area is 118 Å². The number of imidazole rings is 1. The predicted molar refractivity (Wildman–Crippen MR) is 77.1 cm³/mol. The summed E-state index contributed by atoms with van der Waals surface area (Å²) >= 11 is 0. The molecule has 1 unspecified atom stereocenters. The first-order chi connectivity index (χ1) is 9.60. The molecule has 1 N–H and O–H groups in total. The van der Waals surface area contributed by atoms with E-state index in [4.69, 9.17) is 4.74 Å². The van der Waals surface area contributed by atoms with E-state index in [0.717, 1.165) is 11.4 Å². The molecule has 106 valence electrons. The summed E-state index contributed by atoms with van der Waals surface area (Å²) in [4.78, 5) is 16.3. The normalized spacial score (nSPS) is 13.8. The molecule has 2 aromatic rings. The summed E-state index contributed by atoms with van der Waals surface area (Å²) in [6.07, 6.45) is 3.59. The van der Waals surface area contributed by atoms with Gasteiger partial charge >= 0.3 is 5.97 Å². The van der Waals surface area contributed by atoms with Crippen molar-refractivity contribution in [3.63, 3.8) is 0 Å². The highest BCUT2D eigenvalue weighted by molar-refractivity contribution is 5.80. The maximum atomic E-state index is 11.9. The molecule has 1 aromatic carbocycles. The molecule has 0 radical (unpaired) electrons. The van der Waals surface area contributed by atoms with Gasteiger partial charge in [-0.15, -0.1) is 0 Å². The lowest BCUT2D eigenvalue weighted by atomic mass is 10.0. The maximum Gasteiger partial charge on any atom is 0.327 e. The largest absolute Gasteiger partial charge is 0.468 e. The maximum absolute atomic E-state index is 11.9. The van der Waals surface area contributed by atoms with Gasteiger partial charge in [0.1, 0.15) is 11.4 Å². The van der Waals surface area contributed by atoms with Crippen LogP contribution in [0.1, 0.15) is 6.92 Å². The molecule has 1 atom stereocenters. The van der Waals surface area contributed by atoms with Crippen LogP contribution in [0.2, 0.25) is 0 Å². The van der Waals surface area contributed by atoms with Crippen molar-refractivity contribution in [2.75, 3.05) is 14.2 Å². The number of nitrogens with zero attached hydrogens (tertiary/aromatic N) is 2. The second-order valence-electron chi connectivity index (χ2n) is 4.82. The number of aromatic nitrogens is 2. The van der Waals surface area contributed by atoms with Crippen molar-refractivity contribution in [1.82, 2.24) is 14.9 Å². The zero-order valence-corrected chi connectivity index (χ0v) is 12.0. The van der Waals surface area contributed by atoms with Gasteiger partial charge < -0.3 is 14.6 Å². The number of esters is 1. The first-order valence-corrected chi connectivity index (χ1v) is 6.44. The lowest BCUT2D eigenvalue weighted by molar-refractivity contribution is -0.148. The fourth-order valence-corrected chi connectivity index (χ4v) is 2.10. The summed E-state index contributed by atoms with van der Waals surface area (Å²) < 4.78 is 6.81. The molecule has 0 aliphatic rings. The van der Waals surface area contributed by atoms with Gasteiger partial charge in [-0.1, -0.05) is 30.3 Å². The summed E-state index contributed by atoms with van der Waals surface area (Å²) in [6.45, 7) is 2.26. The van der Waals surface area contributed by atoms with E-state index < -0.39 is 5.54 Å². The Morgan fingerprint density at radius 1 is 1.40 bits per heavy atom. The average molecular weight is 273 g/mol. The van der Waals surface area contributed by atoms with Crippen LogP contribution in [0, 0.1) is 0 Å². The number of nitrogens with one attached hydrogen (secondary N) is 1. The monoisotopic (exact) mass is 273 g/mol. The molecule has 0 fully saturated rings. The molecule has 1 heterocycles. The van der Waals surface area contributed by atoms with Crippen LogP contribution < -0.4 is 5.32 Å². The van der Waals surface area contributed by atoms with Gasteiger partial charge in [-0.3, -0.25) is 0 Å². The standard InChI is InChI=1S/C15H19N3O2/c1-15(16-2,14(19)20-3)11-18-10-9-17-13(18)12-7-5-4-6-8-12/h4-10,16H,11H2,1-3H3. The van der Waals surface area contributed by atoms with Gasteiger partial charge in [0, 0.05) is 18.0 Å². The van der Waals surface area contributed by atoms with Crippen LogP contribution in [0.3, 0.4) is 0 Å². The first-order valence-electron chi connectivity index (χ1n) is 6.44. The van der Waals surface area contributed by atoms with Gasteiger partial charge in [-0.2, -0.15) is 0 Å². The summed E-state index contributed by atoms with van der Waals surface area (Å²) in [6, 6.07) is 9.88. The number of methoxy groups -OCH3 is 1. The van der Waals surface area contributed by atoms with Crippen LogP contribution in [0.5, 0.6) is 0 Å². The van der Waals surface area contributed by atoms with Crippen molar-refractivity contribution in [2.45, 2.75) is 19.0 Å². The SMILES string of the molecule is CNC(C)(Cn1ccnc1-c1ccccc1)C(=O)OC. The third kappa shape index (κ3) is 2.72. The molecule has 0 aliphatic heterocycles. The summed E-state index contributed by atoms with van der Waals surface area (Å²) in [5.41, 5.74) is 0.222. The third-order valence-corrected chi connectivity index (χ3v) is 3.42. The zero-order valence-electron chi connectivity index (χ0n) is 12.0.